The second kappa shape index (κ2) is 7.22. The predicted molar refractivity (Wildman–Crippen MR) is 91.7 cm³/mol. The topological polar surface area (TPSA) is 43.6 Å². The molecule has 2 aromatic heterocycles. The van der Waals surface area contributed by atoms with Gasteiger partial charge in [0.15, 0.2) is 0 Å². The van der Waals surface area contributed by atoms with Crippen LogP contribution in [0.25, 0.3) is 22.4 Å². The van der Waals surface area contributed by atoms with Crippen LogP contribution in [0.4, 0.5) is 0 Å². The Kier molecular flexibility index (Phi) is 4.85. The monoisotopic (exact) mass is 310 g/mol. The summed E-state index contributed by atoms with van der Waals surface area (Å²) in [6.45, 7) is 3.13. The van der Waals surface area contributed by atoms with Crippen molar-refractivity contribution in [3.63, 3.8) is 0 Å². The fourth-order valence-electron chi connectivity index (χ4n) is 2.25. The molecule has 0 saturated carbocycles. The van der Waals surface area contributed by atoms with Crippen molar-refractivity contribution in [1.82, 2.24) is 19.7 Å². The van der Waals surface area contributed by atoms with Gasteiger partial charge in [0.25, 0.3) is 0 Å². The van der Waals surface area contributed by atoms with Gasteiger partial charge < -0.3 is 0 Å². The summed E-state index contributed by atoms with van der Waals surface area (Å²) in [4.78, 5) is 8.15. The zero-order valence-electron chi connectivity index (χ0n) is 12.5. The molecular weight excluding hydrogens is 292 g/mol. The van der Waals surface area contributed by atoms with E-state index in [1.165, 1.54) is 0 Å². The van der Waals surface area contributed by atoms with E-state index < -0.39 is 0 Å². The minimum absolute atomic E-state index is 0.949. The van der Waals surface area contributed by atoms with Gasteiger partial charge in [0.1, 0.15) is 6.33 Å². The lowest BCUT2D eigenvalue weighted by Crippen LogP contribution is -2.01. The van der Waals surface area contributed by atoms with Gasteiger partial charge >= 0.3 is 0 Å². The zero-order valence-corrected chi connectivity index (χ0v) is 13.3. The highest BCUT2D eigenvalue weighted by molar-refractivity contribution is 7.99. The lowest BCUT2D eigenvalue weighted by molar-refractivity contribution is 0.669. The number of rotatable bonds is 6. The Bertz CT molecular complexity index is 724. The van der Waals surface area contributed by atoms with E-state index in [9.17, 15) is 0 Å². The largest absolute Gasteiger partial charge is 0.271 e. The molecule has 0 N–H and O–H groups in total. The van der Waals surface area contributed by atoms with Gasteiger partial charge in [0.05, 0.1) is 5.69 Å². The summed E-state index contributed by atoms with van der Waals surface area (Å²) in [5.74, 6) is 2.24. The van der Waals surface area contributed by atoms with Crippen LogP contribution in [0.2, 0.25) is 0 Å². The molecule has 0 aliphatic heterocycles. The summed E-state index contributed by atoms with van der Waals surface area (Å²) < 4.78 is 2.01. The summed E-state index contributed by atoms with van der Waals surface area (Å²) in [6.07, 6.45) is 7.24. The van der Waals surface area contributed by atoms with Gasteiger partial charge in [0, 0.05) is 42.0 Å². The van der Waals surface area contributed by atoms with Crippen molar-refractivity contribution < 1.29 is 0 Å². The smallest absolute Gasteiger partial charge is 0.115 e. The van der Waals surface area contributed by atoms with Crippen molar-refractivity contribution in [2.24, 2.45) is 0 Å². The fraction of sp³-hybridized carbons (Fsp3) is 0.235. The third kappa shape index (κ3) is 3.54. The fourth-order valence-corrected chi connectivity index (χ4v) is 2.85. The summed E-state index contributed by atoms with van der Waals surface area (Å²) in [7, 11) is 0. The van der Waals surface area contributed by atoms with E-state index in [-0.39, 0.29) is 0 Å². The SMILES string of the molecule is CCSCCn1ccc(-c2cccc(-c3cncnc3)c2)n1. The molecule has 0 amide bonds. The second-order valence-corrected chi connectivity index (χ2v) is 6.26. The first kappa shape index (κ1) is 14.8. The summed E-state index contributed by atoms with van der Waals surface area (Å²) in [5.41, 5.74) is 4.24. The standard InChI is InChI=1S/C17H18N4S/c1-2-22-9-8-21-7-6-17(20-21)15-5-3-4-14(10-15)16-11-18-13-19-12-16/h3-7,10-13H,2,8-9H2,1H3. The normalized spacial score (nSPS) is 10.8. The van der Waals surface area contributed by atoms with Crippen LogP contribution in [0, 0.1) is 0 Å². The van der Waals surface area contributed by atoms with E-state index in [1.54, 1.807) is 6.33 Å². The minimum Gasteiger partial charge on any atom is -0.271 e. The third-order valence-electron chi connectivity index (χ3n) is 3.36. The van der Waals surface area contributed by atoms with Crippen LogP contribution in [0.15, 0.2) is 55.2 Å². The lowest BCUT2D eigenvalue weighted by atomic mass is 10.0. The van der Waals surface area contributed by atoms with Crippen LogP contribution in [0.3, 0.4) is 0 Å². The van der Waals surface area contributed by atoms with E-state index in [0.29, 0.717) is 0 Å². The van der Waals surface area contributed by atoms with Crippen molar-refractivity contribution in [1.29, 1.82) is 0 Å². The molecule has 0 aliphatic rings. The maximum Gasteiger partial charge on any atom is 0.115 e. The lowest BCUT2D eigenvalue weighted by Gasteiger charge is -2.03. The molecular formula is C17H18N4S. The zero-order chi connectivity index (χ0) is 15.2. The number of aromatic nitrogens is 4. The van der Waals surface area contributed by atoms with Crippen LogP contribution < -0.4 is 0 Å². The van der Waals surface area contributed by atoms with Gasteiger partial charge in [-0.2, -0.15) is 16.9 Å². The van der Waals surface area contributed by atoms with E-state index >= 15 is 0 Å². The van der Waals surface area contributed by atoms with Crippen molar-refractivity contribution in [2.75, 3.05) is 11.5 Å². The van der Waals surface area contributed by atoms with Gasteiger partial charge in [-0.15, -0.1) is 0 Å². The first-order valence-corrected chi connectivity index (χ1v) is 8.49. The van der Waals surface area contributed by atoms with Crippen LogP contribution >= 0.6 is 11.8 Å². The van der Waals surface area contributed by atoms with Gasteiger partial charge in [0.2, 0.25) is 0 Å². The molecule has 0 saturated heterocycles. The molecule has 0 spiro atoms. The highest BCUT2D eigenvalue weighted by Gasteiger charge is 2.05. The molecule has 5 heteroatoms. The Morgan fingerprint density at radius 1 is 1.05 bits per heavy atom. The first-order chi connectivity index (χ1) is 10.9. The molecule has 0 bridgehead atoms. The average Bonchev–Trinajstić information content (AvgIpc) is 3.05. The van der Waals surface area contributed by atoms with Gasteiger partial charge in [-0.25, -0.2) is 9.97 Å². The highest BCUT2D eigenvalue weighted by atomic mass is 32.2. The average molecular weight is 310 g/mol. The predicted octanol–water partition coefficient (Wildman–Crippen LogP) is 3.76. The Labute approximate surface area is 134 Å². The van der Waals surface area contributed by atoms with Gasteiger partial charge in [-0.1, -0.05) is 25.1 Å². The summed E-state index contributed by atoms with van der Waals surface area (Å²) >= 11 is 1.93. The maximum absolute atomic E-state index is 4.66. The second-order valence-electron chi connectivity index (χ2n) is 4.87. The van der Waals surface area contributed by atoms with Crippen LogP contribution in [0.1, 0.15) is 6.92 Å². The number of benzene rings is 1. The molecule has 1 aromatic carbocycles. The molecule has 3 aromatic rings. The molecule has 0 aliphatic carbocycles. The molecule has 0 fully saturated rings. The molecule has 2 heterocycles. The number of nitrogens with zero attached hydrogens (tertiary/aromatic N) is 4. The van der Waals surface area contributed by atoms with Crippen molar-refractivity contribution in [3.8, 4) is 22.4 Å². The quantitative estimate of drug-likeness (QED) is 0.650. The molecule has 112 valence electrons. The molecule has 4 nitrogen and oxygen atoms in total. The van der Waals surface area contributed by atoms with Crippen molar-refractivity contribution >= 4 is 11.8 Å². The Morgan fingerprint density at radius 3 is 2.68 bits per heavy atom. The van der Waals surface area contributed by atoms with E-state index in [1.807, 2.05) is 41.1 Å². The number of thioether (sulfide) groups is 1. The maximum atomic E-state index is 4.66. The first-order valence-electron chi connectivity index (χ1n) is 7.34. The van der Waals surface area contributed by atoms with E-state index in [4.69, 9.17) is 0 Å². The summed E-state index contributed by atoms with van der Waals surface area (Å²) in [6, 6.07) is 10.4. The number of aryl methyl sites for hydroxylation is 1. The Hall–Kier alpha value is -2.14. The van der Waals surface area contributed by atoms with Crippen LogP contribution in [0.5, 0.6) is 0 Å². The third-order valence-corrected chi connectivity index (χ3v) is 4.24. The Balaban J connectivity index is 1.80. The molecule has 0 atom stereocenters. The summed E-state index contributed by atoms with van der Waals surface area (Å²) in [5, 5.41) is 4.66. The van der Waals surface area contributed by atoms with E-state index in [2.05, 4.69) is 46.3 Å². The molecule has 0 unspecified atom stereocenters. The van der Waals surface area contributed by atoms with Gasteiger partial charge in [-0.05, 0) is 23.4 Å². The van der Waals surface area contributed by atoms with Crippen LogP contribution in [-0.2, 0) is 6.54 Å². The van der Waals surface area contributed by atoms with E-state index in [0.717, 1.165) is 40.4 Å². The number of hydrogen-bond donors (Lipinski definition) is 0. The van der Waals surface area contributed by atoms with Crippen molar-refractivity contribution in [3.05, 3.63) is 55.2 Å². The van der Waals surface area contributed by atoms with Crippen LogP contribution in [-0.4, -0.2) is 31.3 Å². The molecule has 0 radical (unpaired) electrons. The minimum atomic E-state index is 0.949. The molecule has 22 heavy (non-hydrogen) atoms. The molecule has 3 rings (SSSR count). The highest BCUT2D eigenvalue weighted by Crippen LogP contribution is 2.24. The Morgan fingerprint density at radius 2 is 1.86 bits per heavy atom. The van der Waals surface area contributed by atoms with Crippen molar-refractivity contribution in [2.45, 2.75) is 13.5 Å². The van der Waals surface area contributed by atoms with Gasteiger partial charge in [-0.3, -0.25) is 4.68 Å². The number of hydrogen-bond acceptors (Lipinski definition) is 4.